The third-order valence-corrected chi connectivity index (χ3v) is 6.38. The molecule has 0 aromatic carbocycles. The Bertz CT molecular complexity index is 317. The topological polar surface area (TPSA) is 20.3 Å². The number of amides is 1. The fourth-order valence-corrected chi connectivity index (χ4v) is 5.42. The molecule has 1 heterocycles. The number of rotatable bonds is 1. The summed E-state index contributed by atoms with van der Waals surface area (Å²) in [6, 6.07) is 0.760. The Morgan fingerprint density at radius 2 is 2.06 bits per heavy atom. The van der Waals surface area contributed by atoms with E-state index in [-0.39, 0.29) is 4.75 Å². The van der Waals surface area contributed by atoms with E-state index >= 15 is 0 Å². The molecule has 0 N–H and O–H groups in total. The maximum Gasteiger partial charge on any atom is 0.223 e. The fourth-order valence-electron chi connectivity index (χ4n) is 3.81. The highest BCUT2D eigenvalue weighted by Gasteiger charge is 2.53. The zero-order valence-corrected chi connectivity index (χ0v) is 12.5. The van der Waals surface area contributed by atoms with Crippen molar-refractivity contribution < 1.29 is 4.79 Å². The third-order valence-electron chi connectivity index (χ3n) is 4.70. The number of thioether (sulfide) groups is 1. The third kappa shape index (κ3) is 2.00. The number of hydrogen-bond donors (Lipinski definition) is 0. The van der Waals surface area contributed by atoms with Gasteiger partial charge in [0.2, 0.25) is 5.91 Å². The van der Waals surface area contributed by atoms with Gasteiger partial charge in [0.15, 0.2) is 0 Å². The van der Waals surface area contributed by atoms with Crippen molar-refractivity contribution in [3.8, 4) is 0 Å². The van der Waals surface area contributed by atoms with Gasteiger partial charge in [-0.15, -0.1) is 0 Å². The Morgan fingerprint density at radius 1 is 1.41 bits per heavy atom. The number of nitrogens with zero attached hydrogens (tertiary/aromatic N) is 1. The monoisotopic (exact) mass is 255 g/mol. The van der Waals surface area contributed by atoms with E-state index in [9.17, 15) is 4.79 Å². The summed E-state index contributed by atoms with van der Waals surface area (Å²) < 4.78 is 0.260. The minimum absolute atomic E-state index is 0.260. The van der Waals surface area contributed by atoms with Gasteiger partial charge in [-0.2, -0.15) is 11.8 Å². The van der Waals surface area contributed by atoms with Crippen LogP contribution in [0.15, 0.2) is 0 Å². The van der Waals surface area contributed by atoms with Crippen molar-refractivity contribution >= 4 is 17.7 Å². The van der Waals surface area contributed by atoms with Gasteiger partial charge in [0.05, 0.1) is 0 Å². The lowest BCUT2D eigenvalue weighted by molar-refractivity contribution is -0.136. The molecule has 4 unspecified atom stereocenters. The second-order valence-corrected chi connectivity index (χ2v) is 7.81. The van der Waals surface area contributed by atoms with Crippen LogP contribution in [0.2, 0.25) is 0 Å². The minimum atomic E-state index is 0.260. The maximum atomic E-state index is 12.3. The molecule has 0 radical (unpaired) electrons. The summed E-state index contributed by atoms with van der Waals surface area (Å²) >= 11 is 2.03. The summed E-state index contributed by atoms with van der Waals surface area (Å²) in [5.41, 5.74) is 0. The highest BCUT2D eigenvalue weighted by Crippen LogP contribution is 2.52. The number of carbonyl (C=O) groups is 1. The molecule has 0 aromatic rings. The van der Waals surface area contributed by atoms with Gasteiger partial charge < -0.3 is 4.90 Å². The first-order valence-corrected chi connectivity index (χ1v) is 7.81. The second kappa shape index (κ2) is 4.49. The zero-order valence-electron chi connectivity index (χ0n) is 11.7. The van der Waals surface area contributed by atoms with Gasteiger partial charge in [0.25, 0.3) is 0 Å². The lowest BCUT2D eigenvalue weighted by Crippen LogP contribution is -2.53. The molecule has 0 bridgehead atoms. The molecule has 1 aliphatic heterocycles. The lowest BCUT2D eigenvalue weighted by atomic mass is 9.93. The van der Waals surface area contributed by atoms with Gasteiger partial charge in [-0.05, 0) is 39.0 Å². The van der Waals surface area contributed by atoms with Gasteiger partial charge >= 0.3 is 0 Å². The number of hydrogen-bond acceptors (Lipinski definition) is 2. The molecule has 1 saturated heterocycles. The Balaban J connectivity index is 2.40. The van der Waals surface area contributed by atoms with Crippen LogP contribution in [0.5, 0.6) is 0 Å². The normalized spacial score (nSPS) is 42.8. The van der Waals surface area contributed by atoms with Crippen LogP contribution in [0.3, 0.4) is 0 Å². The summed E-state index contributed by atoms with van der Waals surface area (Å²) in [7, 11) is 0. The molecular formula is C14H25NOS. The van der Waals surface area contributed by atoms with Crippen LogP contribution in [0.25, 0.3) is 0 Å². The van der Waals surface area contributed by atoms with E-state index in [4.69, 9.17) is 0 Å². The van der Waals surface area contributed by atoms with Gasteiger partial charge in [0.1, 0.15) is 0 Å². The first kappa shape index (κ1) is 13.3. The first-order chi connectivity index (χ1) is 7.88. The molecule has 0 aromatic heterocycles. The van der Waals surface area contributed by atoms with Crippen molar-refractivity contribution in [2.24, 2.45) is 11.8 Å². The van der Waals surface area contributed by atoms with Crippen molar-refractivity contribution in [3.05, 3.63) is 0 Å². The van der Waals surface area contributed by atoms with Crippen LogP contribution < -0.4 is 0 Å². The highest BCUT2D eigenvalue weighted by atomic mass is 32.2. The summed E-state index contributed by atoms with van der Waals surface area (Å²) in [4.78, 5) is 14.5. The predicted molar refractivity (Wildman–Crippen MR) is 74.2 cm³/mol. The quantitative estimate of drug-likeness (QED) is 0.717. The molecule has 2 nitrogen and oxygen atoms in total. The van der Waals surface area contributed by atoms with E-state index in [1.165, 1.54) is 6.42 Å². The average molecular weight is 255 g/mol. The van der Waals surface area contributed by atoms with Crippen LogP contribution in [0.4, 0.5) is 0 Å². The summed E-state index contributed by atoms with van der Waals surface area (Å²) in [6.45, 7) is 11.4. The molecule has 0 spiro atoms. The van der Waals surface area contributed by atoms with E-state index in [0.29, 0.717) is 36.2 Å². The van der Waals surface area contributed by atoms with Gasteiger partial charge in [-0.3, -0.25) is 4.79 Å². The van der Waals surface area contributed by atoms with Crippen molar-refractivity contribution in [2.75, 3.05) is 5.75 Å². The highest BCUT2D eigenvalue weighted by molar-refractivity contribution is 8.00. The molecule has 1 amide bonds. The van der Waals surface area contributed by atoms with Crippen LogP contribution in [-0.4, -0.2) is 33.4 Å². The molecule has 1 saturated carbocycles. The molecule has 2 fully saturated rings. The minimum Gasteiger partial charge on any atom is -0.336 e. The van der Waals surface area contributed by atoms with E-state index in [0.717, 1.165) is 5.75 Å². The van der Waals surface area contributed by atoms with E-state index in [1.54, 1.807) is 0 Å². The van der Waals surface area contributed by atoms with Crippen molar-refractivity contribution in [1.82, 2.24) is 4.90 Å². The molecule has 3 heteroatoms. The SMILES string of the molecule is CC1CC(C)C2(C)SCCC(=O)N(C(C)C)C12. The first-order valence-electron chi connectivity index (χ1n) is 6.83. The van der Waals surface area contributed by atoms with Crippen molar-refractivity contribution in [1.29, 1.82) is 0 Å². The number of fused-ring (bicyclic) bond motifs is 1. The van der Waals surface area contributed by atoms with Crippen LogP contribution in [0.1, 0.15) is 47.5 Å². The summed E-state index contributed by atoms with van der Waals surface area (Å²) in [5.74, 6) is 2.69. The molecule has 2 rings (SSSR count). The Labute approximate surface area is 110 Å². The van der Waals surface area contributed by atoms with Crippen LogP contribution >= 0.6 is 11.8 Å². The number of carbonyl (C=O) groups excluding carboxylic acids is 1. The Kier molecular flexibility index (Phi) is 3.50. The second-order valence-electron chi connectivity index (χ2n) is 6.24. The van der Waals surface area contributed by atoms with Gasteiger partial charge in [0, 0.05) is 29.0 Å². The Morgan fingerprint density at radius 3 is 2.65 bits per heavy atom. The summed E-state index contributed by atoms with van der Waals surface area (Å²) in [5, 5.41) is 0. The predicted octanol–water partition coefficient (Wildman–Crippen LogP) is 3.16. The molecule has 98 valence electrons. The Hall–Kier alpha value is -0.180. The van der Waals surface area contributed by atoms with E-state index in [2.05, 4.69) is 39.5 Å². The molecule has 4 atom stereocenters. The van der Waals surface area contributed by atoms with Crippen molar-refractivity contribution in [2.45, 2.75) is 64.3 Å². The summed E-state index contributed by atoms with van der Waals surface area (Å²) in [6.07, 6.45) is 1.97. The van der Waals surface area contributed by atoms with E-state index < -0.39 is 0 Å². The van der Waals surface area contributed by atoms with E-state index in [1.807, 2.05) is 11.8 Å². The fraction of sp³-hybridized carbons (Fsp3) is 0.929. The van der Waals surface area contributed by atoms with Crippen molar-refractivity contribution in [3.63, 3.8) is 0 Å². The standard InChI is InChI=1S/C14H25NOS/c1-9(2)15-12(16)6-7-17-14(5)11(4)8-10(3)13(14)15/h9-11,13H,6-8H2,1-5H3. The lowest BCUT2D eigenvalue weighted by Gasteiger charge is -2.42. The molecule has 1 aliphatic carbocycles. The molecule has 2 aliphatic rings. The molecular weight excluding hydrogens is 230 g/mol. The van der Waals surface area contributed by atoms with Crippen LogP contribution in [0, 0.1) is 11.8 Å². The van der Waals surface area contributed by atoms with Gasteiger partial charge in [-0.25, -0.2) is 0 Å². The largest absolute Gasteiger partial charge is 0.336 e. The zero-order chi connectivity index (χ0) is 12.8. The average Bonchev–Trinajstić information content (AvgIpc) is 2.37. The molecule has 17 heavy (non-hydrogen) atoms. The van der Waals surface area contributed by atoms with Gasteiger partial charge in [-0.1, -0.05) is 13.8 Å². The smallest absolute Gasteiger partial charge is 0.223 e. The van der Waals surface area contributed by atoms with Crippen LogP contribution in [-0.2, 0) is 4.79 Å². The maximum absolute atomic E-state index is 12.3.